The van der Waals surface area contributed by atoms with Gasteiger partial charge in [0.05, 0.1) is 5.69 Å². The number of aromatic nitrogens is 3. The van der Waals surface area contributed by atoms with Crippen LogP contribution < -0.4 is 4.90 Å². The topological polar surface area (TPSA) is 54.3 Å². The summed E-state index contributed by atoms with van der Waals surface area (Å²) < 4.78 is 1.68. The van der Waals surface area contributed by atoms with E-state index in [9.17, 15) is 4.79 Å². The van der Waals surface area contributed by atoms with Crippen molar-refractivity contribution >= 4 is 11.6 Å². The SMILES string of the molecule is Cc1ccccc1N1CCN(C(=O)c2ccc(-n3cncn3)cc2)CC1. The first kappa shape index (κ1) is 16.3. The molecule has 0 N–H and O–H groups in total. The van der Waals surface area contributed by atoms with Gasteiger partial charge in [-0.25, -0.2) is 9.67 Å². The molecule has 1 amide bonds. The van der Waals surface area contributed by atoms with Crippen molar-refractivity contribution in [3.05, 3.63) is 72.3 Å². The van der Waals surface area contributed by atoms with E-state index in [-0.39, 0.29) is 5.91 Å². The molecule has 1 aliphatic rings. The molecule has 1 saturated heterocycles. The molecule has 6 heteroatoms. The predicted octanol–water partition coefficient (Wildman–Crippen LogP) is 2.54. The zero-order valence-electron chi connectivity index (χ0n) is 14.7. The third-order valence-corrected chi connectivity index (χ3v) is 4.82. The number of hydrogen-bond donors (Lipinski definition) is 0. The molecule has 26 heavy (non-hydrogen) atoms. The summed E-state index contributed by atoms with van der Waals surface area (Å²) in [5.41, 5.74) is 4.13. The van der Waals surface area contributed by atoms with Crippen LogP contribution in [0.5, 0.6) is 0 Å². The van der Waals surface area contributed by atoms with Gasteiger partial charge >= 0.3 is 0 Å². The maximum Gasteiger partial charge on any atom is 0.253 e. The summed E-state index contributed by atoms with van der Waals surface area (Å²) in [6.45, 7) is 5.31. The fourth-order valence-corrected chi connectivity index (χ4v) is 3.35. The van der Waals surface area contributed by atoms with Crippen LogP contribution in [0.4, 0.5) is 5.69 Å². The Morgan fingerprint density at radius 2 is 1.69 bits per heavy atom. The molecule has 1 fully saturated rings. The molecule has 132 valence electrons. The minimum Gasteiger partial charge on any atom is -0.368 e. The normalized spacial score (nSPS) is 14.5. The quantitative estimate of drug-likeness (QED) is 0.731. The van der Waals surface area contributed by atoms with E-state index in [1.165, 1.54) is 17.6 Å². The largest absolute Gasteiger partial charge is 0.368 e. The lowest BCUT2D eigenvalue weighted by atomic mass is 10.1. The molecule has 0 unspecified atom stereocenters. The summed E-state index contributed by atoms with van der Waals surface area (Å²) in [5.74, 6) is 0.0829. The Morgan fingerprint density at radius 3 is 2.35 bits per heavy atom. The van der Waals surface area contributed by atoms with Crippen LogP contribution >= 0.6 is 0 Å². The molecule has 4 rings (SSSR count). The minimum atomic E-state index is 0.0829. The molecule has 6 nitrogen and oxygen atoms in total. The molecule has 0 saturated carbocycles. The van der Waals surface area contributed by atoms with Gasteiger partial charge < -0.3 is 9.80 Å². The highest BCUT2D eigenvalue weighted by Gasteiger charge is 2.22. The van der Waals surface area contributed by atoms with Crippen molar-refractivity contribution in [3.63, 3.8) is 0 Å². The second kappa shape index (κ2) is 7.00. The zero-order valence-corrected chi connectivity index (χ0v) is 14.7. The maximum absolute atomic E-state index is 12.8. The van der Waals surface area contributed by atoms with Gasteiger partial charge in [-0.05, 0) is 42.8 Å². The van der Waals surface area contributed by atoms with Crippen LogP contribution in [0.1, 0.15) is 15.9 Å². The Balaban J connectivity index is 1.41. The number of piperazine rings is 1. The molecular weight excluding hydrogens is 326 g/mol. The Kier molecular flexibility index (Phi) is 4.39. The molecule has 2 aromatic carbocycles. The van der Waals surface area contributed by atoms with E-state index < -0.39 is 0 Å². The van der Waals surface area contributed by atoms with Crippen molar-refractivity contribution < 1.29 is 4.79 Å². The van der Waals surface area contributed by atoms with E-state index in [0.717, 1.165) is 31.9 Å². The van der Waals surface area contributed by atoms with Crippen LogP contribution in [-0.4, -0.2) is 51.8 Å². The lowest BCUT2D eigenvalue weighted by Gasteiger charge is -2.36. The van der Waals surface area contributed by atoms with E-state index >= 15 is 0 Å². The Morgan fingerprint density at radius 1 is 0.962 bits per heavy atom. The number of nitrogens with zero attached hydrogens (tertiary/aromatic N) is 5. The summed E-state index contributed by atoms with van der Waals surface area (Å²) >= 11 is 0. The van der Waals surface area contributed by atoms with Crippen molar-refractivity contribution in [2.45, 2.75) is 6.92 Å². The van der Waals surface area contributed by atoms with Gasteiger partial charge in [-0.2, -0.15) is 5.10 Å². The second-order valence-corrected chi connectivity index (χ2v) is 6.45. The standard InChI is InChI=1S/C20H21N5O/c1-16-4-2-3-5-19(16)23-10-12-24(13-11-23)20(26)17-6-8-18(9-7-17)25-15-21-14-22-25/h2-9,14-15H,10-13H2,1H3. The first-order valence-electron chi connectivity index (χ1n) is 8.77. The summed E-state index contributed by atoms with van der Waals surface area (Å²) in [4.78, 5) is 21.0. The van der Waals surface area contributed by atoms with Crippen LogP contribution in [0.15, 0.2) is 61.2 Å². The van der Waals surface area contributed by atoms with Gasteiger partial charge in [0.1, 0.15) is 12.7 Å². The summed E-state index contributed by atoms with van der Waals surface area (Å²) in [7, 11) is 0. The van der Waals surface area contributed by atoms with Crippen LogP contribution in [-0.2, 0) is 0 Å². The third kappa shape index (κ3) is 3.18. The van der Waals surface area contributed by atoms with Gasteiger partial charge in [-0.15, -0.1) is 0 Å². The number of anilines is 1. The summed E-state index contributed by atoms with van der Waals surface area (Å²) in [5, 5.41) is 4.10. The van der Waals surface area contributed by atoms with Crippen LogP contribution in [0.3, 0.4) is 0 Å². The van der Waals surface area contributed by atoms with Crippen LogP contribution in [0.2, 0.25) is 0 Å². The van der Waals surface area contributed by atoms with Crippen molar-refractivity contribution in [2.24, 2.45) is 0 Å². The van der Waals surface area contributed by atoms with Gasteiger partial charge in [-0.1, -0.05) is 18.2 Å². The smallest absolute Gasteiger partial charge is 0.253 e. The molecule has 1 aliphatic heterocycles. The van der Waals surface area contributed by atoms with Gasteiger partial charge in [0.25, 0.3) is 5.91 Å². The monoisotopic (exact) mass is 347 g/mol. The van der Waals surface area contributed by atoms with E-state index in [1.807, 2.05) is 29.2 Å². The molecule has 0 radical (unpaired) electrons. The number of aryl methyl sites for hydroxylation is 1. The molecule has 2 heterocycles. The van der Waals surface area contributed by atoms with Gasteiger partial charge in [0, 0.05) is 37.4 Å². The Labute approximate surface area is 152 Å². The van der Waals surface area contributed by atoms with Crippen molar-refractivity contribution in [1.29, 1.82) is 0 Å². The number of carbonyl (C=O) groups excluding carboxylic acids is 1. The molecule has 0 bridgehead atoms. The first-order chi connectivity index (χ1) is 12.7. The average molecular weight is 347 g/mol. The summed E-state index contributed by atoms with van der Waals surface area (Å²) in [6, 6.07) is 15.9. The maximum atomic E-state index is 12.8. The highest BCUT2D eigenvalue weighted by Crippen LogP contribution is 2.21. The van der Waals surface area contributed by atoms with E-state index in [2.05, 4.69) is 46.2 Å². The second-order valence-electron chi connectivity index (χ2n) is 6.45. The van der Waals surface area contributed by atoms with E-state index in [1.54, 1.807) is 11.0 Å². The molecule has 0 atom stereocenters. The average Bonchev–Trinajstić information content (AvgIpc) is 3.23. The number of hydrogen-bond acceptors (Lipinski definition) is 4. The van der Waals surface area contributed by atoms with Crippen molar-refractivity contribution in [2.75, 3.05) is 31.1 Å². The lowest BCUT2D eigenvalue weighted by Crippen LogP contribution is -2.49. The number of rotatable bonds is 3. The highest BCUT2D eigenvalue weighted by atomic mass is 16.2. The molecule has 3 aromatic rings. The number of benzene rings is 2. The Bertz CT molecular complexity index is 881. The molecular formula is C20H21N5O. The number of amides is 1. The van der Waals surface area contributed by atoms with Gasteiger partial charge in [-0.3, -0.25) is 4.79 Å². The van der Waals surface area contributed by atoms with Gasteiger partial charge in [0.15, 0.2) is 0 Å². The van der Waals surface area contributed by atoms with E-state index in [0.29, 0.717) is 5.56 Å². The number of carbonyl (C=O) groups is 1. The third-order valence-electron chi connectivity index (χ3n) is 4.82. The molecule has 0 aliphatic carbocycles. The van der Waals surface area contributed by atoms with Crippen molar-refractivity contribution in [1.82, 2.24) is 19.7 Å². The fraction of sp³-hybridized carbons (Fsp3) is 0.250. The predicted molar refractivity (Wildman–Crippen MR) is 101 cm³/mol. The number of para-hydroxylation sites is 1. The lowest BCUT2D eigenvalue weighted by molar-refractivity contribution is 0.0747. The van der Waals surface area contributed by atoms with Crippen molar-refractivity contribution in [3.8, 4) is 5.69 Å². The fourth-order valence-electron chi connectivity index (χ4n) is 3.35. The Hall–Kier alpha value is -3.15. The summed E-state index contributed by atoms with van der Waals surface area (Å²) in [6.07, 6.45) is 3.13. The highest BCUT2D eigenvalue weighted by molar-refractivity contribution is 5.94. The van der Waals surface area contributed by atoms with Crippen LogP contribution in [0, 0.1) is 6.92 Å². The zero-order chi connectivity index (χ0) is 17.9. The van der Waals surface area contributed by atoms with Crippen LogP contribution in [0.25, 0.3) is 5.69 Å². The first-order valence-corrected chi connectivity index (χ1v) is 8.77. The van der Waals surface area contributed by atoms with Gasteiger partial charge in [0.2, 0.25) is 0 Å². The molecule has 1 aromatic heterocycles. The van der Waals surface area contributed by atoms with E-state index in [4.69, 9.17) is 0 Å². The molecule has 0 spiro atoms. The minimum absolute atomic E-state index is 0.0829.